The van der Waals surface area contributed by atoms with Gasteiger partial charge >= 0.3 is 6.18 Å². The lowest BCUT2D eigenvalue weighted by atomic mass is 10.1. The molecule has 0 saturated heterocycles. The summed E-state index contributed by atoms with van der Waals surface area (Å²) in [5.74, 6) is -0.641. The summed E-state index contributed by atoms with van der Waals surface area (Å²) in [6.07, 6.45) is 0.983. The first kappa shape index (κ1) is 28.1. The van der Waals surface area contributed by atoms with Crippen LogP contribution in [0, 0.1) is 17.1 Å². The minimum absolute atomic E-state index is 0.0550. The second kappa shape index (κ2) is 12.2. The zero-order valence-electron chi connectivity index (χ0n) is 20.7. The lowest BCUT2D eigenvalue weighted by Crippen LogP contribution is -2.34. The predicted octanol–water partition coefficient (Wildman–Crippen LogP) is 5.35. The molecule has 3 heterocycles. The van der Waals surface area contributed by atoms with Gasteiger partial charge in [-0.3, -0.25) is 9.48 Å². The number of carbonyl (C=O) groups is 1. The summed E-state index contributed by atoms with van der Waals surface area (Å²) in [5.41, 5.74) is -0.163. The standard InChI is InChI=1S/C14H17N3OS.C12H10F4N2/c1-16(2)6-3-4-14(18)17-7-5-11-8-12(9-15)19-13(11)10-17;1-2-18-7-9(11(17-18)12(14,15)16)8-5-3-4-6-10(8)13/h3-4,8H,5-7,10H2,1-2H3;3-7H,2H2,1H3/b4-3+;. The molecule has 0 unspecified atom stereocenters. The summed E-state index contributed by atoms with van der Waals surface area (Å²) < 4.78 is 53.1. The van der Waals surface area contributed by atoms with Gasteiger partial charge in [0.1, 0.15) is 16.8 Å². The van der Waals surface area contributed by atoms with Crippen LogP contribution in [0.3, 0.4) is 0 Å². The van der Waals surface area contributed by atoms with Crippen LogP contribution < -0.4 is 0 Å². The van der Waals surface area contributed by atoms with Crippen molar-refractivity contribution in [2.45, 2.75) is 32.6 Å². The van der Waals surface area contributed by atoms with E-state index in [1.165, 1.54) is 41.3 Å². The maximum absolute atomic E-state index is 13.6. The summed E-state index contributed by atoms with van der Waals surface area (Å²) in [6.45, 7) is 4.09. The molecule has 0 atom stereocenters. The lowest BCUT2D eigenvalue weighted by Gasteiger charge is -2.25. The van der Waals surface area contributed by atoms with Crippen LogP contribution in [0.25, 0.3) is 11.1 Å². The summed E-state index contributed by atoms with van der Waals surface area (Å²) in [6, 6.07) is 9.46. The fourth-order valence-corrected chi connectivity index (χ4v) is 4.73. The van der Waals surface area contributed by atoms with Gasteiger partial charge < -0.3 is 9.80 Å². The number of halogens is 4. The number of likely N-dealkylation sites (N-methyl/N-ethyl adjacent to an activating group) is 1. The van der Waals surface area contributed by atoms with Gasteiger partial charge in [-0.25, -0.2) is 4.39 Å². The third-order valence-electron chi connectivity index (χ3n) is 5.55. The van der Waals surface area contributed by atoms with Crippen LogP contribution in [0.2, 0.25) is 0 Å². The first-order valence-electron chi connectivity index (χ1n) is 11.5. The molecule has 0 fully saturated rings. The van der Waals surface area contributed by atoms with Gasteiger partial charge in [0, 0.05) is 47.9 Å². The maximum Gasteiger partial charge on any atom is 0.435 e. The van der Waals surface area contributed by atoms with Gasteiger partial charge in [-0.05, 0) is 45.1 Å². The molecular weight excluding hydrogens is 506 g/mol. The van der Waals surface area contributed by atoms with Crippen LogP contribution in [0.15, 0.2) is 48.7 Å². The highest BCUT2D eigenvalue weighted by molar-refractivity contribution is 7.12. The van der Waals surface area contributed by atoms with Crippen molar-refractivity contribution >= 4 is 17.2 Å². The smallest absolute Gasteiger partial charge is 0.334 e. The van der Waals surface area contributed by atoms with Crippen LogP contribution in [0.1, 0.15) is 27.9 Å². The van der Waals surface area contributed by atoms with Crippen molar-refractivity contribution in [1.82, 2.24) is 19.6 Å². The summed E-state index contributed by atoms with van der Waals surface area (Å²) in [5, 5.41) is 12.3. The van der Waals surface area contributed by atoms with Gasteiger partial charge in [-0.15, -0.1) is 11.3 Å². The lowest BCUT2D eigenvalue weighted by molar-refractivity contribution is -0.141. The second-order valence-corrected chi connectivity index (χ2v) is 9.71. The minimum Gasteiger partial charge on any atom is -0.334 e. The SMILES string of the molecule is CCn1cc(-c2ccccc2F)c(C(F)(F)F)n1.CN(C)C/C=C/C(=O)N1CCc2cc(C#N)sc2C1. The molecule has 0 N–H and O–H groups in total. The average molecular weight is 534 g/mol. The van der Waals surface area contributed by atoms with Crippen molar-refractivity contribution in [3.8, 4) is 17.2 Å². The first-order chi connectivity index (χ1) is 17.5. The Hall–Kier alpha value is -3.49. The highest BCUT2D eigenvalue weighted by atomic mass is 32.1. The number of nitriles is 1. The van der Waals surface area contributed by atoms with E-state index in [-0.39, 0.29) is 23.6 Å². The topological polar surface area (TPSA) is 65.2 Å². The highest BCUT2D eigenvalue weighted by Gasteiger charge is 2.38. The van der Waals surface area contributed by atoms with Crippen LogP contribution in [-0.4, -0.2) is 52.7 Å². The van der Waals surface area contributed by atoms with E-state index in [9.17, 15) is 22.4 Å². The average Bonchev–Trinajstić information content (AvgIpc) is 3.48. The Bertz CT molecular complexity index is 1300. The molecule has 2 aromatic heterocycles. The zero-order chi connectivity index (χ0) is 27.2. The fraction of sp³-hybridized carbons (Fsp3) is 0.346. The number of aromatic nitrogens is 2. The maximum atomic E-state index is 13.6. The molecule has 4 rings (SSSR count). The zero-order valence-corrected chi connectivity index (χ0v) is 21.5. The number of rotatable bonds is 5. The van der Waals surface area contributed by atoms with E-state index in [2.05, 4.69) is 11.2 Å². The summed E-state index contributed by atoms with van der Waals surface area (Å²) in [4.78, 5) is 17.8. The number of thiophene rings is 1. The normalized spacial score (nSPS) is 13.3. The number of aryl methyl sites for hydroxylation is 1. The number of carbonyl (C=O) groups excluding carboxylic acids is 1. The van der Waals surface area contributed by atoms with Crippen LogP contribution in [0.4, 0.5) is 17.6 Å². The molecule has 0 bridgehead atoms. The van der Waals surface area contributed by atoms with E-state index in [4.69, 9.17) is 5.26 Å². The number of nitrogens with zero attached hydrogens (tertiary/aromatic N) is 5. The largest absolute Gasteiger partial charge is 0.435 e. The third kappa shape index (κ3) is 7.27. The third-order valence-corrected chi connectivity index (χ3v) is 6.62. The van der Waals surface area contributed by atoms with Crippen molar-refractivity contribution in [1.29, 1.82) is 5.26 Å². The van der Waals surface area contributed by atoms with Crippen molar-refractivity contribution in [2.24, 2.45) is 0 Å². The number of hydrogen-bond acceptors (Lipinski definition) is 5. The van der Waals surface area contributed by atoms with E-state index in [1.54, 1.807) is 13.0 Å². The quantitative estimate of drug-likeness (QED) is 0.328. The summed E-state index contributed by atoms with van der Waals surface area (Å²) >= 11 is 1.50. The molecule has 6 nitrogen and oxygen atoms in total. The number of hydrogen-bond donors (Lipinski definition) is 0. The number of benzene rings is 1. The van der Waals surface area contributed by atoms with E-state index in [1.807, 2.05) is 36.0 Å². The van der Waals surface area contributed by atoms with E-state index in [0.29, 0.717) is 6.54 Å². The number of fused-ring (bicyclic) bond motifs is 1. The van der Waals surface area contributed by atoms with Crippen molar-refractivity contribution in [3.63, 3.8) is 0 Å². The molecular formula is C26H27F4N5OS. The van der Waals surface area contributed by atoms with Gasteiger partial charge in [0.15, 0.2) is 5.69 Å². The van der Waals surface area contributed by atoms with Crippen LogP contribution in [0.5, 0.6) is 0 Å². The molecule has 37 heavy (non-hydrogen) atoms. The molecule has 0 saturated carbocycles. The molecule has 1 aliphatic heterocycles. The molecule has 1 amide bonds. The molecule has 1 aromatic carbocycles. The van der Waals surface area contributed by atoms with Gasteiger partial charge in [0.2, 0.25) is 5.91 Å². The monoisotopic (exact) mass is 533 g/mol. The Labute approximate surface area is 217 Å². The Balaban J connectivity index is 0.000000206. The molecule has 196 valence electrons. The molecule has 11 heteroatoms. The molecule has 3 aromatic rings. The Morgan fingerprint density at radius 2 is 2.00 bits per heavy atom. The molecule has 0 aliphatic carbocycles. The van der Waals surface area contributed by atoms with Crippen molar-refractivity contribution in [2.75, 3.05) is 27.2 Å². The molecule has 0 spiro atoms. The minimum atomic E-state index is -4.60. The number of amides is 1. The van der Waals surface area contributed by atoms with Crippen molar-refractivity contribution in [3.05, 3.63) is 75.5 Å². The van der Waals surface area contributed by atoms with E-state index >= 15 is 0 Å². The highest BCUT2D eigenvalue weighted by Crippen LogP contribution is 2.36. The van der Waals surface area contributed by atoms with E-state index in [0.717, 1.165) is 40.0 Å². The van der Waals surface area contributed by atoms with Gasteiger partial charge in [0.05, 0.1) is 6.54 Å². The van der Waals surface area contributed by atoms with E-state index < -0.39 is 17.7 Å². The predicted molar refractivity (Wildman–Crippen MR) is 134 cm³/mol. The summed E-state index contributed by atoms with van der Waals surface area (Å²) in [7, 11) is 3.94. The molecule has 1 aliphatic rings. The van der Waals surface area contributed by atoms with Crippen LogP contribution >= 0.6 is 11.3 Å². The molecule has 0 radical (unpaired) electrons. The second-order valence-electron chi connectivity index (χ2n) is 8.57. The Kier molecular flexibility index (Phi) is 9.23. The van der Waals surface area contributed by atoms with Crippen LogP contribution in [-0.2, 0) is 30.5 Å². The first-order valence-corrected chi connectivity index (χ1v) is 12.4. The van der Waals surface area contributed by atoms with Gasteiger partial charge in [-0.2, -0.15) is 23.5 Å². The Morgan fingerprint density at radius 1 is 1.27 bits per heavy atom. The van der Waals surface area contributed by atoms with Gasteiger partial charge in [0.25, 0.3) is 0 Å². The number of alkyl halides is 3. The Morgan fingerprint density at radius 3 is 2.62 bits per heavy atom. The fourth-order valence-electron chi connectivity index (χ4n) is 3.70. The van der Waals surface area contributed by atoms with Crippen molar-refractivity contribution < 1.29 is 22.4 Å². The van der Waals surface area contributed by atoms with Gasteiger partial charge in [-0.1, -0.05) is 24.3 Å².